The molecule has 0 aliphatic carbocycles. The standard InChI is InChI=1S/C23H26N4O3/c1-2-3-15-30-21-11-7-19(8-12-21)23(29)25-17-22(28)24-16-18-5-9-20(10-6-18)27-14-4-13-26-27/h4-14H,2-3,15-17H2,1H3,(H,24,28)(H,25,29). The Hall–Kier alpha value is -3.61. The van der Waals surface area contributed by atoms with Crippen LogP contribution in [0.5, 0.6) is 5.75 Å². The number of ether oxygens (including phenoxy) is 1. The summed E-state index contributed by atoms with van der Waals surface area (Å²) >= 11 is 0. The van der Waals surface area contributed by atoms with Gasteiger partial charge in [-0.3, -0.25) is 9.59 Å². The fourth-order valence-corrected chi connectivity index (χ4v) is 2.75. The molecule has 2 aromatic carbocycles. The van der Waals surface area contributed by atoms with Crippen LogP contribution in [-0.2, 0) is 11.3 Å². The van der Waals surface area contributed by atoms with Gasteiger partial charge in [0.1, 0.15) is 5.75 Å². The lowest BCUT2D eigenvalue weighted by molar-refractivity contribution is -0.120. The number of unbranched alkanes of at least 4 members (excludes halogenated alkanes) is 1. The SMILES string of the molecule is CCCCOc1ccc(C(=O)NCC(=O)NCc2ccc(-n3cccn3)cc2)cc1. The minimum Gasteiger partial charge on any atom is -0.494 e. The summed E-state index contributed by atoms with van der Waals surface area (Å²) in [5.74, 6) is 0.184. The average molecular weight is 406 g/mol. The van der Waals surface area contributed by atoms with Crippen LogP contribution in [0.2, 0.25) is 0 Å². The van der Waals surface area contributed by atoms with Gasteiger partial charge in [0.05, 0.1) is 18.8 Å². The van der Waals surface area contributed by atoms with Crippen molar-refractivity contribution in [1.29, 1.82) is 0 Å². The minimum absolute atomic E-state index is 0.0844. The first kappa shape index (κ1) is 21.1. The molecule has 2 amide bonds. The molecule has 0 saturated carbocycles. The van der Waals surface area contributed by atoms with Gasteiger partial charge in [-0.05, 0) is 54.4 Å². The molecular formula is C23H26N4O3. The van der Waals surface area contributed by atoms with Crippen LogP contribution in [0.4, 0.5) is 0 Å². The molecule has 0 aliphatic heterocycles. The van der Waals surface area contributed by atoms with E-state index < -0.39 is 0 Å². The number of carbonyl (C=O) groups is 2. The molecule has 7 nitrogen and oxygen atoms in total. The Bertz CT molecular complexity index is 936. The largest absolute Gasteiger partial charge is 0.494 e. The molecule has 0 saturated heterocycles. The highest BCUT2D eigenvalue weighted by molar-refractivity contribution is 5.96. The molecule has 156 valence electrons. The van der Waals surface area contributed by atoms with Crippen LogP contribution in [-0.4, -0.2) is 34.7 Å². The number of carbonyl (C=O) groups excluding carboxylic acids is 2. The summed E-state index contributed by atoms with van der Waals surface area (Å²) < 4.78 is 7.35. The normalized spacial score (nSPS) is 10.4. The summed E-state index contributed by atoms with van der Waals surface area (Å²) in [5, 5.41) is 9.61. The van der Waals surface area contributed by atoms with Crippen molar-refractivity contribution < 1.29 is 14.3 Å². The Morgan fingerprint density at radius 2 is 1.80 bits per heavy atom. The molecule has 0 unspecified atom stereocenters. The van der Waals surface area contributed by atoms with E-state index >= 15 is 0 Å². The molecule has 0 aliphatic rings. The van der Waals surface area contributed by atoms with Crippen LogP contribution in [0.15, 0.2) is 67.0 Å². The maximum Gasteiger partial charge on any atom is 0.251 e. The van der Waals surface area contributed by atoms with Crippen molar-refractivity contribution in [2.75, 3.05) is 13.2 Å². The van der Waals surface area contributed by atoms with Crippen LogP contribution in [0, 0.1) is 0 Å². The number of hydrogen-bond donors (Lipinski definition) is 2. The van der Waals surface area contributed by atoms with Gasteiger partial charge in [-0.2, -0.15) is 5.10 Å². The molecule has 3 aromatic rings. The van der Waals surface area contributed by atoms with Gasteiger partial charge >= 0.3 is 0 Å². The second-order valence-corrected chi connectivity index (χ2v) is 6.80. The molecule has 0 fully saturated rings. The molecule has 1 aromatic heterocycles. The van der Waals surface area contributed by atoms with E-state index in [0.717, 1.165) is 29.8 Å². The van der Waals surface area contributed by atoms with Gasteiger partial charge < -0.3 is 15.4 Å². The highest BCUT2D eigenvalue weighted by Gasteiger charge is 2.08. The third-order valence-corrected chi connectivity index (χ3v) is 4.49. The summed E-state index contributed by atoms with van der Waals surface area (Å²) in [6, 6.07) is 16.5. The summed E-state index contributed by atoms with van der Waals surface area (Å²) in [6.45, 7) is 3.07. The van der Waals surface area contributed by atoms with Crippen molar-refractivity contribution in [2.24, 2.45) is 0 Å². The third-order valence-electron chi connectivity index (χ3n) is 4.49. The van der Waals surface area contributed by atoms with E-state index in [2.05, 4.69) is 22.7 Å². The molecule has 0 atom stereocenters. The summed E-state index contributed by atoms with van der Waals surface area (Å²) in [7, 11) is 0. The molecule has 2 N–H and O–H groups in total. The van der Waals surface area contributed by atoms with Crippen LogP contribution >= 0.6 is 0 Å². The molecule has 1 heterocycles. The first-order valence-electron chi connectivity index (χ1n) is 10.0. The average Bonchev–Trinajstić information content (AvgIpc) is 3.32. The third kappa shape index (κ3) is 6.20. The summed E-state index contributed by atoms with van der Waals surface area (Å²) in [6.07, 6.45) is 5.65. The molecule has 0 radical (unpaired) electrons. The number of benzene rings is 2. The summed E-state index contributed by atoms with van der Waals surface area (Å²) in [5.41, 5.74) is 2.40. The topological polar surface area (TPSA) is 85.2 Å². The first-order chi connectivity index (χ1) is 14.7. The van der Waals surface area contributed by atoms with Crippen molar-refractivity contribution in [2.45, 2.75) is 26.3 Å². The van der Waals surface area contributed by atoms with Crippen molar-refractivity contribution in [3.63, 3.8) is 0 Å². The number of amides is 2. The summed E-state index contributed by atoms with van der Waals surface area (Å²) in [4.78, 5) is 24.3. The van der Waals surface area contributed by atoms with E-state index in [4.69, 9.17) is 4.74 Å². The Labute approximate surface area is 176 Å². The Morgan fingerprint density at radius 1 is 1.03 bits per heavy atom. The molecule has 7 heteroatoms. The molecule has 3 rings (SSSR count). The van der Waals surface area contributed by atoms with E-state index in [1.165, 1.54) is 0 Å². The fraction of sp³-hybridized carbons (Fsp3) is 0.261. The highest BCUT2D eigenvalue weighted by atomic mass is 16.5. The number of nitrogens with zero attached hydrogens (tertiary/aromatic N) is 2. The van der Waals surface area contributed by atoms with Gasteiger partial charge in [0.15, 0.2) is 0 Å². The molecule has 0 spiro atoms. The molecule has 30 heavy (non-hydrogen) atoms. The quantitative estimate of drug-likeness (QED) is 0.507. The second-order valence-electron chi connectivity index (χ2n) is 6.80. The maximum atomic E-state index is 12.2. The van der Waals surface area contributed by atoms with Crippen LogP contribution in [0.1, 0.15) is 35.7 Å². The van der Waals surface area contributed by atoms with Gasteiger partial charge in [-0.1, -0.05) is 25.5 Å². The zero-order chi connectivity index (χ0) is 21.2. The van der Waals surface area contributed by atoms with E-state index in [0.29, 0.717) is 18.7 Å². The number of rotatable bonds is 10. The van der Waals surface area contributed by atoms with Crippen molar-refractivity contribution in [3.8, 4) is 11.4 Å². The van der Waals surface area contributed by atoms with Gasteiger partial charge in [-0.15, -0.1) is 0 Å². The smallest absolute Gasteiger partial charge is 0.251 e. The second kappa shape index (κ2) is 10.8. The number of aromatic nitrogens is 2. The fourth-order valence-electron chi connectivity index (χ4n) is 2.75. The monoisotopic (exact) mass is 406 g/mol. The lowest BCUT2D eigenvalue weighted by Crippen LogP contribution is -2.36. The van der Waals surface area contributed by atoms with E-state index in [1.54, 1.807) is 35.1 Å². The highest BCUT2D eigenvalue weighted by Crippen LogP contribution is 2.13. The molecular weight excluding hydrogens is 380 g/mol. The van der Waals surface area contributed by atoms with Gasteiger partial charge in [-0.25, -0.2) is 4.68 Å². The number of nitrogens with one attached hydrogen (secondary N) is 2. The van der Waals surface area contributed by atoms with Crippen LogP contribution < -0.4 is 15.4 Å². The Balaban J connectivity index is 1.40. The van der Waals surface area contributed by atoms with Crippen molar-refractivity contribution in [1.82, 2.24) is 20.4 Å². The zero-order valence-electron chi connectivity index (χ0n) is 17.0. The van der Waals surface area contributed by atoms with Crippen LogP contribution in [0.25, 0.3) is 5.69 Å². The van der Waals surface area contributed by atoms with Crippen molar-refractivity contribution >= 4 is 11.8 Å². The van der Waals surface area contributed by atoms with Crippen LogP contribution in [0.3, 0.4) is 0 Å². The minimum atomic E-state index is -0.297. The van der Waals surface area contributed by atoms with Gasteiger partial charge in [0, 0.05) is 24.5 Å². The van der Waals surface area contributed by atoms with Gasteiger partial charge in [0.2, 0.25) is 5.91 Å². The predicted molar refractivity (Wildman–Crippen MR) is 115 cm³/mol. The lowest BCUT2D eigenvalue weighted by atomic mass is 10.2. The zero-order valence-corrected chi connectivity index (χ0v) is 17.0. The lowest BCUT2D eigenvalue weighted by Gasteiger charge is -2.09. The van der Waals surface area contributed by atoms with Crippen molar-refractivity contribution in [3.05, 3.63) is 78.1 Å². The Kier molecular flexibility index (Phi) is 7.60. The van der Waals surface area contributed by atoms with Gasteiger partial charge in [0.25, 0.3) is 5.91 Å². The number of hydrogen-bond acceptors (Lipinski definition) is 4. The first-order valence-corrected chi connectivity index (χ1v) is 10.0. The van der Waals surface area contributed by atoms with E-state index in [1.807, 2.05) is 36.5 Å². The molecule has 0 bridgehead atoms. The predicted octanol–water partition coefficient (Wildman–Crippen LogP) is 3.10. The van der Waals surface area contributed by atoms with E-state index in [-0.39, 0.29) is 18.4 Å². The van der Waals surface area contributed by atoms with E-state index in [9.17, 15) is 9.59 Å². The Morgan fingerprint density at radius 3 is 2.47 bits per heavy atom. The maximum absolute atomic E-state index is 12.2.